The number of nitrogens with one attached hydrogen (secondary N) is 1. The van der Waals surface area contributed by atoms with Crippen LogP contribution in [-0.4, -0.2) is 28.4 Å². The van der Waals surface area contributed by atoms with Gasteiger partial charge >= 0.3 is 0 Å². The lowest BCUT2D eigenvalue weighted by molar-refractivity contribution is -0.118. The predicted octanol–water partition coefficient (Wildman–Crippen LogP) is 4.45. The Morgan fingerprint density at radius 3 is 2.72 bits per heavy atom. The molecule has 6 nitrogen and oxygen atoms in total. The number of benzene rings is 2. The van der Waals surface area contributed by atoms with E-state index in [-0.39, 0.29) is 17.8 Å². The van der Waals surface area contributed by atoms with Gasteiger partial charge in [0.05, 0.1) is 18.2 Å². The number of para-hydroxylation sites is 1. The third kappa shape index (κ3) is 3.06. The summed E-state index contributed by atoms with van der Waals surface area (Å²) in [5.74, 6) is -0.723. The molecule has 0 radical (unpaired) electrons. The zero-order chi connectivity index (χ0) is 20.5. The number of hydrogen-bond acceptors (Lipinski definition) is 4. The number of aromatic amines is 1. The third-order valence-electron chi connectivity index (χ3n) is 5.15. The van der Waals surface area contributed by atoms with Crippen molar-refractivity contribution >= 4 is 28.3 Å². The number of ketones is 1. The molecule has 0 spiro atoms. The maximum atomic E-state index is 13.1. The molecule has 4 rings (SSSR count). The van der Waals surface area contributed by atoms with E-state index in [4.69, 9.17) is 4.74 Å². The number of aromatic nitrogens is 1. The fourth-order valence-electron chi connectivity index (χ4n) is 3.85. The number of nitrogens with zero attached hydrogens (tertiary/aromatic N) is 1. The summed E-state index contributed by atoms with van der Waals surface area (Å²) in [6.07, 6.45) is 1.99. The van der Waals surface area contributed by atoms with Gasteiger partial charge < -0.3 is 14.8 Å². The van der Waals surface area contributed by atoms with E-state index < -0.39 is 17.7 Å². The minimum atomic E-state index is -0.719. The highest BCUT2D eigenvalue weighted by Crippen LogP contribution is 2.44. The van der Waals surface area contributed by atoms with E-state index in [1.807, 2.05) is 31.2 Å². The zero-order valence-electron chi connectivity index (χ0n) is 16.3. The number of Topliss-reactive ketones (excluding diaryl/α,β-unsaturated/α-hetero) is 1. The van der Waals surface area contributed by atoms with Gasteiger partial charge in [-0.1, -0.05) is 31.2 Å². The lowest BCUT2D eigenvalue weighted by Gasteiger charge is -2.26. The van der Waals surface area contributed by atoms with Crippen molar-refractivity contribution in [2.75, 3.05) is 11.5 Å². The van der Waals surface area contributed by atoms with Crippen LogP contribution in [0.2, 0.25) is 0 Å². The highest BCUT2D eigenvalue weighted by Gasteiger charge is 2.44. The minimum Gasteiger partial charge on any atom is -0.503 e. The monoisotopic (exact) mass is 390 g/mol. The molecule has 0 bridgehead atoms. The lowest BCUT2D eigenvalue weighted by Crippen LogP contribution is -2.30. The fourth-order valence-corrected chi connectivity index (χ4v) is 3.85. The number of anilines is 1. The van der Waals surface area contributed by atoms with Gasteiger partial charge in [-0.15, -0.1) is 0 Å². The Labute approximate surface area is 168 Å². The Balaban J connectivity index is 1.91. The van der Waals surface area contributed by atoms with Gasteiger partial charge in [-0.3, -0.25) is 14.5 Å². The molecule has 1 atom stereocenters. The first kappa shape index (κ1) is 18.8. The first-order valence-electron chi connectivity index (χ1n) is 9.65. The average molecular weight is 390 g/mol. The molecule has 2 heterocycles. The highest BCUT2D eigenvalue weighted by molar-refractivity contribution is 6.17. The molecule has 29 heavy (non-hydrogen) atoms. The molecule has 1 aliphatic heterocycles. The van der Waals surface area contributed by atoms with E-state index in [2.05, 4.69) is 4.98 Å². The SMILES string of the molecule is CCOc1cccc(N2C(=O)C(O)=C(C(=O)CC)C2c2c[nH]c3ccccc23)c1. The van der Waals surface area contributed by atoms with E-state index in [9.17, 15) is 14.7 Å². The quantitative estimate of drug-likeness (QED) is 0.652. The standard InChI is InChI=1S/C23H22N2O4/c1-3-19(26)20-21(17-13-24-18-11-6-5-10-16(17)18)25(23(28)22(20)27)14-8-7-9-15(12-14)29-4-2/h5-13,21,24,27H,3-4H2,1-2H3. The van der Waals surface area contributed by atoms with Crippen LogP contribution in [0.15, 0.2) is 66.1 Å². The smallest absolute Gasteiger partial charge is 0.294 e. The van der Waals surface area contributed by atoms with Crippen LogP contribution in [0.4, 0.5) is 5.69 Å². The molecule has 6 heteroatoms. The average Bonchev–Trinajstić information content (AvgIpc) is 3.27. The van der Waals surface area contributed by atoms with Crippen LogP contribution in [0.5, 0.6) is 5.75 Å². The summed E-state index contributed by atoms with van der Waals surface area (Å²) in [5.41, 5.74) is 2.34. The van der Waals surface area contributed by atoms with Crippen LogP contribution in [0.1, 0.15) is 31.9 Å². The number of hydrogen-bond donors (Lipinski definition) is 2. The van der Waals surface area contributed by atoms with Gasteiger partial charge in [-0.25, -0.2) is 0 Å². The summed E-state index contributed by atoms with van der Waals surface area (Å²) in [6.45, 7) is 4.10. The van der Waals surface area contributed by atoms with Crippen LogP contribution in [-0.2, 0) is 9.59 Å². The molecule has 1 aromatic heterocycles. The molecule has 3 aromatic rings. The number of amides is 1. The van der Waals surface area contributed by atoms with E-state index in [0.29, 0.717) is 18.0 Å². The molecule has 0 saturated carbocycles. The maximum absolute atomic E-state index is 13.1. The summed E-state index contributed by atoms with van der Waals surface area (Å²) < 4.78 is 5.57. The van der Waals surface area contributed by atoms with Gasteiger partial charge in [0.2, 0.25) is 0 Å². The van der Waals surface area contributed by atoms with Crippen molar-refractivity contribution < 1.29 is 19.4 Å². The normalized spacial score (nSPS) is 16.7. The molecular weight excluding hydrogens is 368 g/mol. The first-order valence-corrected chi connectivity index (χ1v) is 9.65. The molecule has 0 fully saturated rings. The lowest BCUT2D eigenvalue weighted by atomic mass is 9.94. The summed E-state index contributed by atoms with van der Waals surface area (Å²) in [4.78, 5) is 30.5. The summed E-state index contributed by atoms with van der Waals surface area (Å²) in [7, 11) is 0. The number of ether oxygens (including phenoxy) is 1. The molecule has 0 saturated heterocycles. The number of carbonyl (C=O) groups is 2. The van der Waals surface area contributed by atoms with Gasteiger partial charge in [0.25, 0.3) is 5.91 Å². The molecule has 2 aromatic carbocycles. The molecule has 1 unspecified atom stereocenters. The predicted molar refractivity (Wildman–Crippen MR) is 111 cm³/mol. The second-order valence-corrected chi connectivity index (χ2v) is 6.84. The third-order valence-corrected chi connectivity index (χ3v) is 5.15. The Morgan fingerprint density at radius 1 is 1.17 bits per heavy atom. The second kappa shape index (κ2) is 7.47. The number of aliphatic hydroxyl groups is 1. The van der Waals surface area contributed by atoms with Crippen molar-refractivity contribution in [1.82, 2.24) is 4.98 Å². The van der Waals surface area contributed by atoms with Crippen molar-refractivity contribution in [3.63, 3.8) is 0 Å². The Hall–Kier alpha value is -3.54. The number of H-pyrrole nitrogens is 1. The largest absolute Gasteiger partial charge is 0.503 e. The van der Waals surface area contributed by atoms with Gasteiger partial charge in [0.1, 0.15) is 5.75 Å². The van der Waals surface area contributed by atoms with Gasteiger partial charge in [0.15, 0.2) is 11.5 Å². The first-order chi connectivity index (χ1) is 14.1. The highest BCUT2D eigenvalue weighted by atomic mass is 16.5. The molecule has 1 aliphatic rings. The van der Waals surface area contributed by atoms with Crippen LogP contribution >= 0.6 is 0 Å². The van der Waals surface area contributed by atoms with Gasteiger partial charge in [0, 0.05) is 40.8 Å². The zero-order valence-corrected chi connectivity index (χ0v) is 16.3. The molecular formula is C23H22N2O4. The number of fused-ring (bicyclic) bond motifs is 1. The Morgan fingerprint density at radius 2 is 1.97 bits per heavy atom. The van der Waals surface area contributed by atoms with Crippen LogP contribution in [0.25, 0.3) is 10.9 Å². The molecule has 0 aliphatic carbocycles. The number of aliphatic hydroxyl groups excluding tert-OH is 1. The van der Waals surface area contributed by atoms with Crippen molar-refractivity contribution in [3.8, 4) is 5.75 Å². The van der Waals surface area contributed by atoms with E-state index >= 15 is 0 Å². The minimum absolute atomic E-state index is 0.129. The number of carbonyl (C=O) groups excluding carboxylic acids is 2. The second-order valence-electron chi connectivity index (χ2n) is 6.84. The summed E-state index contributed by atoms with van der Waals surface area (Å²) >= 11 is 0. The number of rotatable bonds is 6. The van der Waals surface area contributed by atoms with E-state index in [1.54, 1.807) is 37.4 Å². The van der Waals surface area contributed by atoms with Crippen LogP contribution < -0.4 is 9.64 Å². The van der Waals surface area contributed by atoms with Crippen LogP contribution in [0, 0.1) is 0 Å². The van der Waals surface area contributed by atoms with Crippen molar-refractivity contribution in [2.24, 2.45) is 0 Å². The fraction of sp³-hybridized carbons (Fsp3) is 0.217. The van der Waals surface area contributed by atoms with E-state index in [1.165, 1.54) is 4.90 Å². The van der Waals surface area contributed by atoms with Gasteiger partial charge in [-0.2, -0.15) is 0 Å². The summed E-state index contributed by atoms with van der Waals surface area (Å²) in [6, 6.07) is 14.1. The van der Waals surface area contributed by atoms with E-state index in [0.717, 1.165) is 16.5 Å². The van der Waals surface area contributed by atoms with Crippen molar-refractivity contribution in [1.29, 1.82) is 0 Å². The van der Waals surface area contributed by atoms with Crippen molar-refractivity contribution in [3.05, 3.63) is 71.6 Å². The molecule has 1 amide bonds. The molecule has 2 N–H and O–H groups in total. The van der Waals surface area contributed by atoms with Crippen LogP contribution in [0.3, 0.4) is 0 Å². The Bertz CT molecular complexity index is 1130. The molecule has 148 valence electrons. The van der Waals surface area contributed by atoms with Gasteiger partial charge in [-0.05, 0) is 25.1 Å². The summed E-state index contributed by atoms with van der Waals surface area (Å²) in [5, 5.41) is 11.5. The maximum Gasteiger partial charge on any atom is 0.294 e. The topological polar surface area (TPSA) is 82.6 Å². The Kier molecular flexibility index (Phi) is 4.84. The van der Waals surface area contributed by atoms with Crippen molar-refractivity contribution in [2.45, 2.75) is 26.3 Å².